The van der Waals surface area contributed by atoms with E-state index in [9.17, 15) is 9.90 Å². The maximum absolute atomic E-state index is 12.5. The molecule has 4 nitrogen and oxygen atoms in total. The molecular weight excluding hydrogens is 278 g/mol. The summed E-state index contributed by atoms with van der Waals surface area (Å²) in [7, 11) is 1.71. The van der Waals surface area contributed by atoms with Crippen molar-refractivity contribution in [3.05, 3.63) is 53.1 Å². The number of hydrogen-bond acceptors (Lipinski definition) is 3. The van der Waals surface area contributed by atoms with Gasteiger partial charge in [-0.3, -0.25) is 4.79 Å². The molecule has 1 N–H and O–H groups in total. The Kier molecular flexibility index (Phi) is 3.53. The monoisotopic (exact) mass is 297 g/mol. The Morgan fingerprint density at radius 2 is 1.82 bits per heavy atom. The number of aromatic hydroxyl groups is 1. The number of carbonyl (C=O) groups excluding carboxylic acids is 1. The highest BCUT2D eigenvalue weighted by Crippen LogP contribution is 2.36. The molecule has 0 bridgehead atoms. The van der Waals surface area contributed by atoms with Crippen LogP contribution in [-0.2, 0) is 11.2 Å². The fourth-order valence-corrected chi connectivity index (χ4v) is 2.94. The lowest BCUT2D eigenvalue weighted by molar-refractivity contribution is -0.125. The van der Waals surface area contributed by atoms with E-state index in [1.165, 1.54) is 11.1 Å². The number of anilines is 1. The lowest BCUT2D eigenvalue weighted by Crippen LogP contribution is -2.44. The smallest absolute Gasteiger partial charge is 0.268 e. The van der Waals surface area contributed by atoms with Gasteiger partial charge in [-0.1, -0.05) is 29.3 Å². The molecule has 0 fully saturated rings. The fourth-order valence-electron chi connectivity index (χ4n) is 2.94. The highest BCUT2D eigenvalue weighted by molar-refractivity contribution is 5.99. The van der Waals surface area contributed by atoms with Crippen molar-refractivity contribution in [3.8, 4) is 11.5 Å². The van der Waals surface area contributed by atoms with E-state index in [4.69, 9.17) is 4.74 Å². The van der Waals surface area contributed by atoms with Gasteiger partial charge in [0.1, 0.15) is 11.5 Å². The van der Waals surface area contributed by atoms with Crippen LogP contribution in [0.3, 0.4) is 0 Å². The lowest BCUT2D eigenvalue weighted by Gasteiger charge is -2.32. The van der Waals surface area contributed by atoms with Crippen LogP contribution in [0, 0.1) is 13.8 Å². The van der Waals surface area contributed by atoms with Crippen molar-refractivity contribution >= 4 is 11.6 Å². The molecule has 3 rings (SSSR count). The molecule has 2 aromatic carbocycles. The average Bonchev–Trinajstić information content (AvgIpc) is 2.44. The third kappa shape index (κ3) is 2.64. The van der Waals surface area contributed by atoms with Gasteiger partial charge in [-0.15, -0.1) is 0 Å². The minimum atomic E-state index is -0.539. The van der Waals surface area contributed by atoms with E-state index in [1.54, 1.807) is 30.1 Å². The summed E-state index contributed by atoms with van der Waals surface area (Å²) < 4.78 is 5.85. The number of phenolic OH excluding ortho intramolecular Hbond substituents is 1. The van der Waals surface area contributed by atoms with E-state index in [0.717, 1.165) is 5.56 Å². The zero-order chi connectivity index (χ0) is 15.9. The van der Waals surface area contributed by atoms with Gasteiger partial charge < -0.3 is 14.7 Å². The predicted molar refractivity (Wildman–Crippen MR) is 85.6 cm³/mol. The first-order valence-corrected chi connectivity index (χ1v) is 7.28. The quantitative estimate of drug-likeness (QED) is 0.927. The zero-order valence-electron chi connectivity index (χ0n) is 13.0. The maximum atomic E-state index is 12.5. The summed E-state index contributed by atoms with van der Waals surface area (Å²) >= 11 is 0. The van der Waals surface area contributed by atoms with E-state index >= 15 is 0 Å². The molecule has 1 aliphatic rings. The normalized spacial score (nSPS) is 17.1. The topological polar surface area (TPSA) is 49.8 Å². The Bertz CT molecular complexity index is 719. The van der Waals surface area contributed by atoms with Gasteiger partial charge in [0.05, 0.1) is 5.69 Å². The van der Waals surface area contributed by atoms with E-state index in [1.807, 2.05) is 13.8 Å². The molecule has 1 heterocycles. The Labute approximate surface area is 130 Å². The Balaban J connectivity index is 1.89. The van der Waals surface area contributed by atoms with E-state index in [-0.39, 0.29) is 11.7 Å². The van der Waals surface area contributed by atoms with Gasteiger partial charge in [0.25, 0.3) is 5.91 Å². The van der Waals surface area contributed by atoms with Crippen LogP contribution in [0.25, 0.3) is 0 Å². The number of benzene rings is 2. The first-order valence-electron chi connectivity index (χ1n) is 7.28. The summed E-state index contributed by atoms with van der Waals surface area (Å²) in [6.45, 7) is 4.09. The third-order valence-electron chi connectivity index (χ3n) is 3.88. The molecule has 4 heteroatoms. The van der Waals surface area contributed by atoms with Crippen LogP contribution in [0.15, 0.2) is 36.4 Å². The predicted octanol–water partition coefficient (Wildman–Crippen LogP) is 2.98. The molecule has 22 heavy (non-hydrogen) atoms. The zero-order valence-corrected chi connectivity index (χ0v) is 13.0. The Morgan fingerprint density at radius 3 is 2.50 bits per heavy atom. The summed E-state index contributed by atoms with van der Waals surface area (Å²) in [4.78, 5) is 14.0. The van der Waals surface area contributed by atoms with Crippen LogP contribution in [0.4, 0.5) is 5.69 Å². The summed E-state index contributed by atoms with van der Waals surface area (Å²) in [5.41, 5.74) is 4.04. The molecule has 0 saturated heterocycles. The highest BCUT2D eigenvalue weighted by atomic mass is 16.5. The Morgan fingerprint density at radius 1 is 1.14 bits per heavy atom. The van der Waals surface area contributed by atoms with Crippen LogP contribution in [-0.4, -0.2) is 24.2 Å². The number of aryl methyl sites for hydroxylation is 2. The molecule has 0 radical (unpaired) electrons. The standard InChI is InChI=1S/C18H19NO3/c1-11-6-12(2)8-13(7-11)9-17-18(21)19(3)15-10-14(20)4-5-16(15)22-17/h4-8,10,17,20H,9H2,1-3H3. The summed E-state index contributed by atoms with van der Waals surface area (Å²) in [5.74, 6) is 0.640. The molecule has 0 aromatic heterocycles. The first-order chi connectivity index (χ1) is 10.4. The molecule has 0 aliphatic carbocycles. The van der Waals surface area contributed by atoms with Crippen molar-refractivity contribution in [2.45, 2.75) is 26.4 Å². The Hall–Kier alpha value is -2.49. The number of likely N-dealkylation sites (N-methyl/N-ethyl adjacent to an activating group) is 1. The van der Waals surface area contributed by atoms with Gasteiger partial charge in [-0.2, -0.15) is 0 Å². The number of fused-ring (bicyclic) bond motifs is 1. The molecule has 2 aromatic rings. The summed E-state index contributed by atoms with van der Waals surface area (Å²) in [6, 6.07) is 11.1. The van der Waals surface area contributed by atoms with Crippen molar-refractivity contribution in [2.24, 2.45) is 0 Å². The van der Waals surface area contributed by atoms with Crippen molar-refractivity contribution in [2.75, 3.05) is 11.9 Å². The van der Waals surface area contributed by atoms with Crippen LogP contribution in [0.5, 0.6) is 11.5 Å². The van der Waals surface area contributed by atoms with Gasteiger partial charge in [0, 0.05) is 19.5 Å². The molecule has 1 aliphatic heterocycles. The number of hydrogen-bond donors (Lipinski definition) is 1. The van der Waals surface area contributed by atoms with Crippen LogP contribution in [0.2, 0.25) is 0 Å². The van der Waals surface area contributed by atoms with E-state index < -0.39 is 6.10 Å². The lowest BCUT2D eigenvalue weighted by atomic mass is 10.0. The second-order valence-corrected chi connectivity index (χ2v) is 5.86. The van der Waals surface area contributed by atoms with Gasteiger partial charge in [0.2, 0.25) is 0 Å². The largest absolute Gasteiger partial charge is 0.508 e. The third-order valence-corrected chi connectivity index (χ3v) is 3.88. The SMILES string of the molecule is Cc1cc(C)cc(CC2Oc3ccc(O)cc3N(C)C2=O)c1. The second kappa shape index (κ2) is 5.37. The maximum Gasteiger partial charge on any atom is 0.268 e. The van der Waals surface area contributed by atoms with Crippen LogP contribution in [0.1, 0.15) is 16.7 Å². The molecule has 0 spiro atoms. The van der Waals surface area contributed by atoms with E-state index in [0.29, 0.717) is 17.9 Å². The number of amides is 1. The van der Waals surface area contributed by atoms with Crippen molar-refractivity contribution in [1.82, 2.24) is 0 Å². The summed E-state index contributed by atoms with van der Waals surface area (Å²) in [5, 5.41) is 9.56. The van der Waals surface area contributed by atoms with Gasteiger partial charge in [-0.05, 0) is 31.5 Å². The van der Waals surface area contributed by atoms with Crippen molar-refractivity contribution in [3.63, 3.8) is 0 Å². The van der Waals surface area contributed by atoms with Crippen molar-refractivity contribution < 1.29 is 14.6 Å². The van der Waals surface area contributed by atoms with Gasteiger partial charge in [-0.25, -0.2) is 0 Å². The van der Waals surface area contributed by atoms with Gasteiger partial charge >= 0.3 is 0 Å². The minimum absolute atomic E-state index is 0.0998. The molecule has 1 unspecified atom stereocenters. The molecule has 0 saturated carbocycles. The average molecular weight is 297 g/mol. The van der Waals surface area contributed by atoms with E-state index in [2.05, 4.69) is 18.2 Å². The first kappa shape index (κ1) is 14.4. The number of phenols is 1. The summed E-state index contributed by atoms with van der Waals surface area (Å²) in [6.07, 6.45) is -0.00492. The number of nitrogens with zero attached hydrogens (tertiary/aromatic N) is 1. The van der Waals surface area contributed by atoms with Gasteiger partial charge in [0.15, 0.2) is 6.10 Å². The number of rotatable bonds is 2. The molecular formula is C18H19NO3. The van der Waals surface area contributed by atoms with Crippen molar-refractivity contribution in [1.29, 1.82) is 0 Å². The number of ether oxygens (including phenoxy) is 1. The molecule has 114 valence electrons. The molecule has 1 atom stereocenters. The fraction of sp³-hybridized carbons (Fsp3) is 0.278. The second-order valence-electron chi connectivity index (χ2n) is 5.86. The highest BCUT2D eigenvalue weighted by Gasteiger charge is 2.32. The number of carbonyl (C=O) groups is 1. The molecule has 1 amide bonds. The van der Waals surface area contributed by atoms with Crippen LogP contribution < -0.4 is 9.64 Å². The minimum Gasteiger partial charge on any atom is -0.508 e. The van der Waals surface area contributed by atoms with Crippen LogP contribution >= 0.6 is 0 Å².